The molecule has 0 saturated carbocycles. The molecule has 172 valence electrons. The lowest BCUT2D eigenvalue weighted by atomic mass is 10.2. The van der Waals surface area contributed by atoms with Crippen LogP contribution in [0.1, 0.15) is 0 Å². The Labute approximate surface area is 199 Å². The van der Waals surface area contributed by atoms with Crippen molar-refractivity contribution in [2.24, 2.45) is 0 Å². The molecule has 12 heteroatoms. The van der Waals surface area contributed by atoms with Gasteiger partial charge in [-0.3, -0.25) is 14.9 Å². The summed E-state index contributed by atoms with van der Waals surface area (Å²) in [6.45, 7) is 3.49. The van der Waals surface area contributed by atoms with Crippen LogP contribution in [0.2, 0.25) is 5.02 Å². The Balaban J connectivity index is 1.38. The standard InChI is InChI=1S/C21H21ClN6O4S/c1-26-9-11-27(12-10-26)19-16(22)3-2-4-17(19)23-18(29)13-33-21-25-24-20(32-21)14-5-7-15(8-6-14)28(30)31/h2-8H,9-13H2,1H3,(H,23,29). The summed E-state index contributed by atoms with van der Waals surface area (Å²) < 4.78 is 5.58. The Morgan fingerprint density at radius 3 is 2.61 bits per heavy atom. The Kier molecular flexibility index (Phi) is 7.11. The van der Waals surface area contributed by atoms with E-state index in [-0.39, 0.29) is 28.5 Å². The van der Waals surface area contributed by atoms with E-state index >= 15 is 0 Å². The number of aromatic nitrogens is 2. The summed E-state index contributed by atoms with van der Waals surface area (Å²) in [4.78, 5) is 27.3. The third-order valence-corrected chi connectivity index (χ3v) is 6.26. The molecule has 1 aliphatic rings. The highest BCUT2D eigenvalue weighted by molar-refractivity contribution is 7.99. The zero-order valence-electron chi connectivity index (χ0n) is 17.7. The number of anilines is 2. The molecule has 2 aromatic carbocycles. The number of nitro groups is 1. The second kappa shape index (κ2) is 10.2. The first-order chi connectivity index (χ1) is 15.9. The number of nitrogens with zero attached hydrogens (tertiary/aromatic N) is 5. The topological polar surface area (TPSA) is 118 Å². The number of carbonyl (C=O) groups is 1. The van der Waals surface area contributed by atoms with E-state index in [0.29, 0.717) is 16.3 Å². The van der Waals surface area contributed by atoms with E-state index in [2.05, 4.69) is 32.4 Å². The van der Waals surface area contributed by atoms with E-state index in [0.717, 1.165) is 43.6 Å². The quantitative estimate of drug-likeness (QED) is 0.301. The van der Waals surface area contributed by atoms with Crippen molar-refractivity contribution in [3.8, 4) is 11.5 Å². The number of para-hydroxylation sites is 1. The predicted octanol–water partition coefficient (Wildman–Crippen LogP) is 3.78. The largest absolute Gasteiger partial charge is 0.411 e. The van der Waals surface area contributed by atoms with Crippen LogP contribution in [0, 0.1) is 10.1 Å². The van der Waals surface area contributed by atoms with Crippen molar-refractivity contribution in [2.45, 2.75) is 5.22 Å². The molecule has 1 aromatic heterocycles. The van der Waals surface area contributed by atoms with Gasteiger partial charge in [0.1, 0.15) is 0 Å². The fourth-order valence-electron chi connectivity index (χ4n) is 3.39. The van der Waals surface area contributed by atoms with Gasteiger partial charge < -0.3 is 19.5 Å². The van der Waals surface area contributed by atoms with Crippen LogP contribution in [0.15, 0.2) is 52.1 Å². The normalized spacial score (nSPS) is 14.3. The predicted molar refractivity (Wildman–Crippen MR) is 127 cm³/mol. The van der Waals surface area contributed by atoms with Gasteiger partial charge in [-0.05, 0) is 31.3 Å². The van der Waals surface area contributed by atoms with Crippen molar-refractivity contribution in [2.75, 3.05) is 49.2 Å². The van der Waals surface area contributed by atoms with Crippen molar-refractivity contribution in [1.82, 2.24) is 15.1 Å². The maximum atomic E-state index is 12.6. The van der Waals surface area contributed by atoms with Crippen LogP contribution >= 0.6 is 23.4 Å². The summed E-state index contributed by atoms with van der Waals surface area (Å²) in [5, 5.41) is 22.4. The lowest BCUT2D eigenvalue weighted by molar-refractivity contribution is -0.384. The molecule has 1 N–H and O–H groups in total. The van der Waals surface area contributed by atoms with Gasteiger partial charge in [-0.25, -0.2) is 0 Å². The van der Waals surface area contributed by atoms with E-state index in [4.69, 9.17) is 16.0 Å². The summed E-state index contributed by atoms with van der Waals surface area (Å²) in [6, 6.07) is 11.3. The molecule has 10 nitrogen and oxygen atoms in total. The first-order valence-corrected chi connectivity index (χ1v) is 11.5. The van der Waals surface area contributed by atoms with Gasteiger partial charge in [0.15, 0.2) is 0 Å². The van der Waals surface area contributed by atoms with E-state index < -0.39 is 4.92 Å². The number of hydrogen-bond acceptors (Lipinski definition) is 9. The van der Waals surface area contributed by atoms with Crippen LogP contribution in [0.4, 0.5) is 17.1 Å². The monoisotopic (exact) mass is 488 g/mol. The van der Waals surface area contributed by atoms with Gasteiger partial charge in [0.25, 0.3) is 10.9 Å². The van der Waals surface area contributed by atoms with Crippen molar-refractivity contribution >= 4 is 46.3 Å². The number of nitrogens with one attached hydrogen (secondary N) is 1. The number of rotatable bonds is 7. The van der Waals surface area contributed by atoms with Crippen LogP contribution in [0.5, 0.6) is 0 Å². The average molecular weight is 489 g/mol. The number of nitro benzene ring substituents is 1. The van der Waals surface area contributed by atoms with Crippen LogP contribution in [-0.2, 0) is 4.79 Å². The van der Waals surface area contributed by atoms with Crippen LogP contribution in [0.25, 0.3) is 11.5 Å². The van der Waals surface area contributed by atoms with Crippen molar-refractivity contribution in [1.29, 1.82) is 0 Å². The Bertz CT molecular complexity index is 1150. The van der Waals surface area contributed by atoms with Gasteiger partial charge in [-0.1, -0.05) is 29.4 Å². The second-order valence-corrected chi connectivity index (χ2v) is 8.77. The van der Waals surface area contributed by atoms with Crippen LogP contribution in [-0.4, -0.2) is 64.9 Å². The van der Waals surface area contributed by atoms with Crippen molar-refractivity contribution in [3.63, 3.8) is 0 Å². The van der Waals surface area contributed by atoms with E-state index in [1.54, 1.807) is 6.07 Å². The molecule has 1 aliphatic heterocycles. The van der Waals surface area contributed by atoms with Gasteiger partial charge >= 0.3 is 0 Å². The maximum absolute atomic E-state index is 12.6. The van der Waals surface area contributed by atoms with Gasteiger partial charge in [0.2, 0.25) is 11.8 Å². The highest BCUT2D eigenvalue weighted by Gasteiger charge is 2.21. The van der Waals surface area contributed by atoms with Gasteiger partial charge in [0, 0.05) is 43.9 Å². The lowest BCUT2D eigenvalue weighted by Crippen LogP contribution is -2.44. The summed E-state index contributed by atoms with van der Waals surface area (Å²) in [7, 11) is 2.08. The lowest BCUT2D eigenvalue weighted by Gasteiger charge is -2.35. The molecular formula is C21H21ClN6O4S. The summed E-state index contributed by atoms with van der Waals surface area (Å²) in [5.41, 5.74) is 2.01. The Morgan fingerprint density at radius 2 is 1.91 bits per heavy atom. The number of likely N-dealkylation sites (N-methyl/N-ethyl adjacent to an activating group) is 1. The Hall–Kier alpha value is -3.15. The molecule has 3 aromatic rings. The molecule has 1 amide bonds. The molecule has 1 saturated heterocycles. The fraction of sp³-hybridized carbons (Fsp3) is 0.286. The van der Waals surface area contributed by atoms with Crippen molar-refractivity contribution in [3.05, 3.63) is 57.6 Å². The number of non-ortho nitro benzene ring substituents is 1. The molecule has 0 aliphatic carbocycles. The van der Waals surface area contributed by atoms with E-state index in [1.807, 2.05) is 12.1 Å². The van der Waals surface area contributed by atoms with Gasteiger partial charge in [0.05, 0.1) is 27.1 Å². The molecule has 1 fully saturated rings. The molecule has 33 heavy (non-hydrogen) atoms. The zero-order valence-corrected chi connectivity index (χ0v) is 19.3. The molecule has 0 atom stereocenters. The average Bonchev–Trinajstić information content (AvgIpc) is 3.28. The van der Waals surface area contributed by atoms with Crippen molar-refractivity contribution < 1.29 is 14.1 Å². The smallest absolute Gasteiger partial charge is 0.277 e. The van der Waals surface area contributed by atoms with Crippen LogP contribution < -0.4 is 10.2 Å². The van der Waals surface area contributed by atoms with Gasteiger partial charge in [-0.15, -0.1) is 10.2 Å². The van der Waals surface area contributed by atoms with Crippen LogP contribution in [0.3, 0.4) is 0 Å². The summed E-state index contributed by atoms with van der Waals surface area (Å²) in [5.74, 6) is 0.0593. The molecule has 0 radical (unpaired) electrons. The Morgan fingerprint density at radius 1 is 1.18 bits per heavy atom. The molecule has 0 bridgehead atoms. The summed E-state index contributed by atoms with van der Waals surface area (Å²) >= 11 is 7.56. The number of halogens is 1. The highest BCUT2D eigenvalue weighted by Crippen LogP contribution is 2.35. The highest BCUT2D eigenvalue weighted by atomic mass is 35.5. The molecule has 4 rings (SSSR count). The first kappa shape index (κ1) is 23.0. The maximum Gasteiger partial charge on any atom is 0.277 e. The molecule has 0 spiro atoms. The number of benzene rings is 2. The third kappa shape index (κ3) is 5.62. The first-order valence-electron chi connectivity index (χ1n) is 10.1. The minimum atomic E-state index is -0.480. The number of amides is 1. The number of thioether (sulfide) groups is 1. The second-order valence-electron chi connectivity index (χ2n) is 7.44. The molecular weight excluding hydrogens is 468 g/mol. The molecule has 0 unspecified atom stereocenters. The minimum absolute atomic E-state index is 0.0264. The van der Waals surface area contributed by atoms with E-state index in [1.165, 1.54) is 24.3 Å². The molecule has 2 heterocycles. The minimum Gasteiger partial charge on any atom is -0.411 e. The summed E-state index contributed by atoms with van der Waals surface area (Å²) in [6.07, 6.45) is 0. The van der Waals surface area contributed by atoms with E-state index in [9.17, 15) is 14.9 Å². The number of carbonyl (C=O) groups excluding carboxylic acids is 1. The third-order valence-electron chi connectivity index (χ3n) is 5.14. The fourth-order valence-corrected chi connectivity index (χ4v) is 4.25. The SMILES string of the molecule is CN1CCN(c2c(Cl)cccc2NC(=O)CSc2nnc(-c3ccc([N+](=O)[O-])cc3)o2)CC1. The number of piperazine rings is 1. The van der Waals surface area contributed by atoms with Gasteiger partial charge in [-0.2, -0.15) is 0 Å². The number of hydrogen-bond donors (Lipinski definition) is 1. The zero-order chi connectivity index (χ0) is 23.4.